The third-order valence-electron chi connectivity index (χ3n) is 4.30. The minimum absolute atomic E-state index is 0.514. The van der Waals surface area contributed by atoms with Gasteiger partial charge in [0.15, 0.2) is 0 Å². The van der Waals surface area contributed by atoms with Crippen LogP contribution in [0.5, 0.6) is 0 Å². The molecule has 1 aliphatic carbocycles. The van der Waals surface area contributed by atoms with Crippen molar-refractivity contribution >= 4 is 0 Å². The Bertz CT molecular complexity index is 170. The molecule has 15 heavy (non-hydrogen) atoms. The van der Waals surface area contributed by atoms with Crippen molar-refractivity contribution in [1.29, 1.82) is 0 Å². The lowest BCUT2D eigenvalue weighted by molar-refractivity contribution is 0.102. The van der Waals surface area contributed by atoms with Crippen LogP contribution in [0.25, 0.3) is 0 Å². The van der Waals surface area contributed by atoms with E-state index in [1.165, 1.54) is 45.1 Å². The van der Waals surface area contributed by atoms with Crippen LogP contribution in [0.4, 0.5) is 0 Å². The third kappa shape index (κ3) is 3.46. The SMILES string of the molecule is CCCC(C)N(C)CCC1(CN)CCC1. The molecular formula is C13H28N2. The highest BCUT2D eigenvalue weighted by atomic mass is 15.1. The summed E-state index contributed by atoms with van der Waals surface area (Å²) < 4.78 is 0. The van der Waals surface area contributed by atoms with Crippen molar-refractivity contribution < 1.29 is 0 Å². The Morgan fingerprint density at radius 3 is 2.47 bits per heavy atom. The van der Waals surface area contributed by atoms with Crippen molar-refractivity contribution in [2.75, 3.05) is 20.1 Å². The summed E-state index contributed by atoms with van der Waals surface area (Å²) in [7, 11) is 2.25. The molecule has 1 rings (SSSR count). The summed E-state index contributed by atoms with van der Waals surface area (Å²) in [5, 5.41) is 0. The normalized spacial score (nSPS) is 21.4. The molecule has 0 aromatic rings. The van der Waals surface area contributed by atoms with E-state index in [9.17, 15) is 0 Å². The number of hydrogen-bond acceptors (Lipinski definition) is 2. The summed E-state index contributed by atoms with van der Waals surface area (Å²) in [6, 6.07) is 0.727. The number of nitrogens with zero attached hydrogens (tertiary/aromatic N) is 1. The van der Waals surface area contributed by atoms with Crippen LogP contribution in [-0.4, -0.2) is 31.1 Å². The van der Waals surface area contributed by atoms with Crippen LogP contribution >= 0.6 is 0 Å². The Morgan fingerprint density at radius 2 is 2.07 bits per heavy atom. The van der Waals surface area contributed by atoms with Gasteiger partial charge in [-0.1, -0.05) is 19.8 Å². The molecule has 0 aromatic carbocycles. The maximum atomic E-state index is 5.87. The molecule has 90 valence electrons. The molecule has 1 aliphatic rings. The van der Waals surface area contributed by atoms with Gasteiger partial charge >= 0.3 is 0 Å². The average molecular weight is 212 g/mol. The third-order valence-corrected chi connectivity index (χ3v) is 4.30. The van der Waals surface area contributed by atoms with Crippen molar-refractivity contribution in [3.63, 3.8) is 0 Å². The van der Waals surface area contributed by atoms with Gasteiger partial charge in [0.1, 0.15) is 0 Å². The number of hydrogen-bond donors (Lipinski definition) is 1. The van der Waals surface area contributed by atoms with E-state index in [1.54, 1.807) is 0 Å². The van der Waals surface area contributed by atoms with Crippen molar-refractivity contribution in [3.8, 4) is 0 Å². The zero-order valence-corrected chi connectivity index (χ0v) is 10.8. The fourth-order valence-electron chi connectivity index (χ4n) is 2.51. The van der Waals surface area contributed by atoms with Gasteiger partial charge in [0.2, 0.25) is 0 Å². The van der Waals surface area contributed by atoms with E-state index in [-0.39, 0.29) is 0 Å². The highest BCUT2D eigenvalue weighted by Crippen LogP contribution is 2.42. The standard InChI is InChI=1S/C13H28N2/c1-4-6-12(2)15(3)10-9-13(11-14)7-5-8-13/h12H,4-11,14H2,1-3H3. The second-order valence-electron chi connectivity index (χ2n) is 5.43. The molecule has 0 heterocycles. The van der Waals surface area contributed by atoms with Crippen LogP contribution in [-0.2, 0) is 0 Å². The second-order valence-corrected chi connectivity index (χ2v) is 5.43. The quantitative estimate of drug-likeness (QED) is 0.703. The zero-order valence-electron chi connectivity index (χ0n) is 10.8. The minimum atomic E-state index is 0.514. The number of rotatable bonds is 7. The molecule has 1 atom stereocenters. The van der Waals surface area contributed by atoms with E-state index in [0.29, 0.717) is 5.41 Å². The van der Waals surface area contributed by atoms with E-state index in [0.717, 1.165) is 12.6 Å². The minimum Gasteiger partial charge on any atom is -0.330 e. The van der Waals surface area contributed by atoms with Gasteiger partial charge in [0.05, 0.1) is 0 Å². The van der Waals surface area contributed by atoms with Crippen molar-refractivity contribution in [2.45, 2.75) is 58.4 Å². The molecule has 0 amide bonds. The average Bonchev–Trinajstić information content (AvgIpc) is 2.17. The van der Waals surface area contributed by atoms with Gasteiger partial charge in [0, 0.05) is 6.04 Å². The van der Waals surface area contributed by atoms with E-state index in [4.69, 9.17) is 5.73 Å². The van der Waals surface area contributed by atoms with Gasteiger partial charge in [-0.2, -0.15) is 0 Å². The summed E-state index contributed by atoms with van der Waals surface area (Å²) in [5.41, 5.74) is 6.39. The summed E-state index contributed by atoms with van der Waals surface area (Å²) >= 11 is 0. The predicted molar refractivity (Wildman–Crippen MR) is 67.0 cm³/mol. The van der Waals surface area contributed by atoms with Crippen molar-refractivity contribution in [1.82, 2.24) is 4.90 Å². The topological polar surface area (TPSA) is 29.3 Å². The van der Waals surface area contributed by atoms with Crippen LogP contribution in [0.15, 0.2) is 0 Å². The summed E-state index contributed by atoms with van der Waals surface area (Å²) in [6.45, 7) is 6.71. The number of nitrogens with two attached hydrogens (primary N) is 1. The smallest absolute Gasteiger partial charge is 0.00637 e. The Labute approximate surface area is 95.2 Å². The first kappa shape index (κ1) is 13.0. The van der Waals surface area contributed by atoms with Gasteiger partial charge in [-0.3, -0.25) is 0 Å². The summed E-state index contributed by atoms with van der Waals surface area (Å²) in [5.74, 6) is 0. The molecular weight excluding hydrogens is 184 g/mol. The first-order valence-electron chi connectivity index (χ1n) is 6.54. The van der Waals surface area contributed by atoms with Gasteiger partial charge in [-0.15, -0.1) is 0 Å². The first-order chi connectivity index (χ1) is 7.13. The molecule has 2 nitrogen and oxygen atoms in total. The molecule has 1 unspecified atom stereocenters. The first-order valence-corrected chi connectivity index (χ1v) is 6.54. The van der Waals surface area contributed by atoms with Gasteiger partial charge in [-0.25, -0.2) is 0 Å². The molecule has 0 aromatic heterocycles. The summed E-state index contributed by atoms with van der Waals surface area (Å²) in [6.07, 6.45) is 8.01. The molecule has 2 heteroatoms. The lowest BCUT2D eigenvalue weighted by Gasteiger charge is -2.42. The molecule has 0 radical (unpaired) electrons. The predicted octanol–water partition coefficient (Wildman–Crippen LogP) is 2.63. The summed E-state index contributed by atoms with van der Waals surface area (Å²) in [4.78, 5) is 2.50. The van der Waals surface area contributed by atoms with Crippen molar-refractivity contribution in [3.05, 3.63) is 0 Å². The van der Waals surface area contributed by atoms with Gasteiger partial charge in [-0.05, 0) is 58.2 Å². The lowest BCUT2D eigenvalue weighted by Crippen LogP contribution is -2.41. The fourth-order valence-corrected chi connectivity index (χ4v) is 2.51. The maximum absolute atomic E-state index is 5.87. The molecule has 0 bridgehead atoms. The van der Waals surface area contributed by atoms with Crippen LogP contribution < -0.4 is 5.73 Å². The molecule has 2 N–H and O–H groups in total. The largest absolute Gasteiger partial charge is 0.330 e. The van der Waals surface area contributed by atoms with Crippen LogP contribution in [0, 0.1) is 5.41 Å². The Kier molecular flexibility index (Phi) is 5.07. The maximum Gasteiger partial charge on any atom is 0.00637 e. The van der Waals surface area contributed by atoms with Crippen molar-refractivity contribution in [2.24, 2.45) is 11.1 Å². The second kappa shape index (κ2) is 5.86. The Balaban J connectivity index is 2.23. The highest BCUT2D eigenvalue weighted by molar-refractivity contribution is 4.89. The van der Waals surface area contributed by atoms with E-state index < -0.39 is 0 Å². The zero-order chi connectivity index (χ0) is 11.3. The van der Waals surface area contributed by atoms with Gasteiger partial charge < -0.3 is 10.6 Å². The highest BCUT2D eigenvalue weighted by Gasteiger charge is 2.35. The van der Waals surface area contributed by atoms with Gasteiger partial charge in [0.25, 0.3) is 0 Å². The van der Waals surface area contributed by atoms with Crippen LogP contribution in [0.2, 0.25) is 0 Å². The van der Waals surface area contributed by atoms with Crippen LogP contribution in [0.3, 0.4) is 0 Å². The fraction of sp³-hybridized carbons (Fsp3) is 1.00. The van der Waals surface area contributed by atoms with Crippen LogP contribution in [0.1, 0.15) is 52.4 Å². The molecule has 1 saturated carbocycles. The Hall–Kier alpha value is -0.0800. The molecule has 0 spiro atoms. The van der Waals surface area contributed by atoms with E-state index in [2.05, 4.69) is 25.8 Å². The van der Waals surface area contributed by atoms with E-state index >= 15 is 0 Å². The molecule has 1 fully saturated rings. The Morgan fingerprint density at radius 1 is 1.40 bits per heavy atom. The molecule has 0 aliphatic heterocycles. The molecule has 0 saturated heterocycles. The van der Waals surface area contributed by atoms with E-state index in [1.807, 2.05) is 0 Å². The lowest BCUT2D eigenvalue weighted by atomic mass is 9.66. The monoisotopic (exact) mass is 212 g/mol.